The third kappa shape index (κ3) is 2.56. The third-order valence-corrected chi connectivity index (χ3v) is 6.96. The number of halogens is 1. The highest BCUT2D eigenvalue weighted by molar-refractivity contribution is 6.38. The van der Waals surface area contributed by atoms with E-state index < -0.39 is 0 Å². The average molecular weight is 423 g/mol. The van der Waals surface area contributed by atoms with Crippen molar-refractivity contribution in [3.8, 4) is 11.3 Å². The van der Waals surface area contributed by atoms with Crippen molar-refractivity contribution < 1.29 is 0 Å². The van der Waals surface area contributed by atoms with Crippen molar-refractivity contribution in [2.45, 2.75) is 50.7 Å². The van der Waals surface area contributed by atoms with Crippen LogP contribution in [0, 0.1) is 6.92 Å². The van der Waals surface area contributed by atoms with Gasteiger partial charge < -0.3 is 10.6 Å². The second kappa shape index (κ2) is 6.39. The summed E-state index contributed by atoms with van der Waals surface area (Å²) >= 11 is 6.72. The van der Waals surface area contributed by atoms with Gasteiger partial charge in [-0.3, -0.25) is 9.78 Å². The maximum atomic E-state index is 6.72. The maximum Gasteiger partial charge on any atom is 0.177 e. The Hall–Kier alpha value is -2.71. The molecule has 0 unspecified atom stereocenters. The fourth-order valence-electron chi connectivity index (χ4n) is 5.27. The van der Waals surface area contributed by atoms with Gasteiger partial charge in [-0.25, -0.2) is 9.97 Å². The van der Waals surface area contributed by atoms with Crippen molar-refractivity contribution in [1.29, 1.82) is 0 Å². The number of aromatic amines is 1. The van der Waals surface area contributed by atoms with Gasteiger partial charge in [0.15, 0.2) is 11.5 Å². The van der Waals surface area contributed by atoms with Gasteiger partial charge in [-0.1, -0.05) is 11.6 Å². The van der Waals surface area contributed by atoms with Crippen molar-refractivity contribution in [3.05, 3.63) is 29.0 Å². The molecule has 2 bridgehead atoms. The number of aryl methyl sites for hydroxylation is 2. The molecular formula is C21H23ClN8. The van der Waals surface area contributed by atoms with Crippen LogP contribution in [0.2, 0.25) is 5.02 Å². The molecule has 0 aliphatic carbocycles. The molecule has 2 fully saturated rings. The summed E-state index contributed by atoms with van der Waals surface area (Å²) in [6.45, 7) is 2.03. The molecule has 0 amide bonds. The first kappa shape index (κ1) is 18.1. The number of piperidine rings is 1. The number of nitrogens with zero attached hydrogens (tertiary/aromatic N) is 6. The van der Waals surface area contributed by atoms with E-state index in [-0.39, 0.29) is 0 Å². The smallest absolute Gasteiger partial charge is 0.177 e. The van der Waals surface area contributed by atoms with Crippen LogP contribution in [0.1, 0.15) is 31.4 Å². The zero-order valence-electron chi connectivity index (χ0n) is 16.9. The van der Waals surface area contributed by atoms with Crippen molar-refractivity contribution in [3.63, 3.8) is 0 Å². The number of nitrogens with one attached hydrogen (secondary N) is 1. The molecule has 3 aromatic heterocycles. The minimum atomic E-state index is 0.291. The Bertz CT molecular complexity index is 1280. The summed E-state index contributed by atoms with van der Waals surface area (Å²) in [7, 11) is 1.89. The molecule has 4 aromatic rings. The summed E-state index contributed by atoms with van der Waals surface area (Å²) < 4.78 is 1.76. The zero-order valence-corrected chi connectivity index (χ0v) is 17.7. The number of aromatic nitrogens is 6. The van der Waals surface area contributed by atoms with Gasteiger partial charge in [0.2, 0.25) is 0 Å². The molecule has 1 aromatic carbocycles. The lowest BCUT2D eigenvalue weighted by molar-refractivity contribution is 0.411. The summed E-state index contributed by atoms with van der Waals surface area (Å²) in [5.41, 5.74) is 11.0. The monoisotopic (exact) mass is 422 g/mol. The van der Waals surface area contributed by atoms with Crippen LogP contribution >= 0.6 is 11.6 Å². The van der Waals surface area contributed by atoms with Crippen LogP contribution in [0.4, 0.5) is 5.82 Å². The number of hydrogen-bond acceptors (Lipinski definition) is 6. The number of rotatable bonds is 2. The number of hydrogen-bond donors (Lipinski definition) is 2. The lowest BCUT2D eigenvalue weighted by atomic mass is 9.98. The Morgan fingerprint density at radius 3 is 2.70 bits per heavy atom. The van der Waals surface area contributed by atoms with Gasteiger partial charge in [-0.05, 0) is 44.7 Å². The van der Waals surface area contributed by atoms with Gasteiger partial charge in [-0.15, -0.1) is 0 Å². The average Bonchev–Trinajstić information content (AvgIpc) is 3.36. The van der Waals surface area contributed by atoms with Gasteiger partial charge >= 0.3 is 0 Å². The van der Waals surface area contributed by atoms with Crippen LogP contribution < -0.4 is 10.6 Å². The molecule has 30 heavy (non-hydrogen) atoms. The van der Waals surface area contributed by atoms with Crippen LogP contribution in [-0.4, -0.2) is 48.1 Å². The molecule has 0 radical (unpaired) electrons. The van der Waals surface area contributed by atoms with E-state index in [2.05, 4.69) is 20.2 Å². The van der Waals surface area contributed by atoms with E-state index in [1.54, 1.807) is 4.68 Å². The SMILES string of the molecule is Cc1nc2c(-c3ccc4nn(C)cc4c3Cl)n[nH]c2nc1N1[C@@H]2CC[C@H]1C[C@H](N)C2. The lowest BCUT2D eigenvalue weighted by Gasteiger charge is -2.39. The van der Waals surface area contributed by atoms with E-state index in [1.165, 1.54) is 12.8 Å². The second-order valence-corrected chi connectivity index (χ2v) is 8.97. The van der Waals surface area contributed by atoms with Gasteiger partial charge in [-0.2, -0.15) is 10.2 Å². The number of nitrogens with two attached hydrogens (primary N) is 1. The Morgan fingerprint density at radius 1 is 1.17 bits per heavy atom. The van der Waals surface area contributed by atoms with E-state index in [0.717, 1.165) is 46.3 Å². The number of benzene rings is 1. The van der Waals surface area contributed by atoms with Gasteiger partial charge in [0.05, 0.1) is 16.2 Å². The van der Waals surface area contributed by atoms with Crippen LogP contribution in [0.25, 0.3) is 33.3 Å². The Balaban J connectivity index is 1.46. The molecule has 6 rings (SSSR count). The summed E-state index contributed by atoms with van der Waals surface area (Å²) in [6.07, 6.45) is 6.30. The molecule has 2 aliphatic rings. The van der Waals surface area contributed by atoms with Gasteiger partial charge in [0.25, 0.3) is 0 Å². The first-order chi connectivity index (χ1) is 14.5. The highest BCUT2D eigenvalue weighted by Gasteiger charge is 2.41. The number of anilines is 1. The Labute approximate surface area is 178 Å². The highest BCUT2D eigenvalue weighted by atomic mass is 35.5. The quantitative estimate of drug-likeness (QED) is 0.513. The van der Waals surface area contributed by atoms with E-state index in [1.807, 2.05) is 32.3 Å². The predicted molar refractivity (Wildman–Crippen MR) is 118 cm³/mol. The normalized spacial score (nSPS) is 23.7. The number of H-pyrrole nitrogens is 1. The van der Waals surface area contributed by atoms with Crippen LogP contribution in [0.5, 0.6) is 0 Å². The van der Waals surface area contributed by atoms with Gasteiger partial charge in [0.1, 0.15) is 11.2 Å². The molecule has 0 spiro atoms. The van der Waals surface area contributed by atoms with Crippen molar-refractivity contribution in [2.24, 2.45) is 12.8 Å². The molecule has 5 heterocycles. The Morgan fingerprint density at radius 2 is 1.93 bits per heavy atom. The molecule has 3 atom stereocenters. The molecular weight excluding hydrogens is 400 g/mol. The van der Waals surface area contributed by atoms with Crippen LogP contribution in [0.3, 0.4) is 0 Å². The molecule has 3 N–H and O–H groups in total. The van der Waals surface area contributed by atoms with Gasteiger partial charge in [0, 0.05) is 42.3 Å². The maximum absolute atomic E-state index is 6.72. The number of fused-ring (bicyclic) bond motifs is 4. The molecule has 2 aliphatic heterocycles. The standard InChI is InChI=1S/C21H23ClN8/c1-10-21(30-12-3-4-13(30)8-11(23)7-12)25-20-19(24-10)18(26-27-20)14-5-6-16-15(17(14)22)9-29(2)28-16/h5-6,9,11-13H,3-4,7-8,23H2,1-2H3,(H,25,26,27)/t11-,12-,13+. The van der Waals surface area contributed by atoms with E-state index in [9.17, 15) is 0 Å². The highest BCUT2D eigenvalue weighted by Crippen LogP contribution is 2.40. The lowest BCUT2D eigenvalue weighted by Crippen LogP contribution is -2.48. The predicted octanol–water partition coefficient (Wildman–Crippen LogP) is 3.33. The van der Waals surface area contributed by atoms with Crippen LogP contribution in [0.15, 0.2) is 18.3 Å². The first-order valence-corrected chi connectivity index (χ1v) is 10.8. The fourth-order valence-corrected chi connectivity index (χ4v) is 5.57. The zero-order chi connectivity index (χ0) is 20.6. The first-order valence-electron chi connectivity index (χ1n) is 10.4. The molecule has 8 nitrogen and oxygen atoms in total. The fraction of sp³-hybridized carbons (Fsp3) is 0.429. The second-order valence-electron chi connectivity index (χ2n) is 8.59. The van der Waals surface area contributed by atoms with E-state index in [0.29, 0.717) is 34.5 Å². The van der Waals surface area contributed by atoms with Crippen molar-refractivity contribution >= 4 is 39.5 Å². The molecule has 154 valence electrons. The molecule has 9 heteroatoms. The van der Waals surface area contributed by atoms with Crippen molar-refractivity contribution in [2.75, 3.05) is 4.90 Å². The summed E-state index contributed by atoms with van der Waals surface area (Å²) in [6, 6.07) is 5.10. The Kier molecular flexibility index (Phi) is 3.85. The molecule has 0 saturated carbocycles. The minimum Gasteiger partial charge on any atom is -0.349 e. The van der Waals surface area contributed by atoms with E-state index in [4.69, 9.17) is 27.3 Å². The van der Waals surface area contributed by atoms with Crippen molar-refractivity contribution in [1.82, 2.24) is 29.9 Å². The summed E-state index contributed by atoms with van der Waals surface area (Å²) in [4.78, 5) is 12.3. The molecule has 2 saturated heterocycles. The van der Waals surface area contributed by atoms with Crippen LogP contribution in [-0.2, 0) is 7.05 Å². The minimum absolute atomic E-state index is 0.291. The summed E-state index contributed by atoms with van der Waals surface area (Å²) in [5.74, 6) is 0.950. The summed E-state index contributed by atoms with van der Waals surface area (Å²) in [5, 5.41) is 13.6. The van der Waals surface area contributed by atoms with E-state index >= 15 is 0 Å². The largest absolute Gasteiger partial charge is 0.349 e. The topological polar surface area (TPSA) is 102 Å². The third-order valence-electron chi connectivity index (χ3n) is 6.55.